The lowest BCUT2D eigenvalue weighted by Gasteiger charge is -2.29. The van der Waals surface area contributed by atoms with E-state index >= 15 is 0 Å². The minimum Gasteiger partial charge on any atom is -0.459 e. The van der Waals surface area contributed by atoms with E-state index in [-0.39, 0.29) is 42.6 Å². The molecule has 3 aromatic rings. The van der Waals surface area contributed by atoms with Gasteiger partial charge in [-0.05, 0) is 173 Å². The number of amides is 3. The second-order valence-corrected chi connectivity index (χ2v) is 19.4. The molecule has 1 aliphatic carbocycles. The molecule has 4 rings (SSSR count). The number of rotatable bonds is 10. The number of anilines is 1. The summed E-state index contributed by atoms with van der Waals surface area (Å²) in [5, 5.41) is 0. The van der Waals surface area contributed by atoms with E-state index in [0.717, 1.165) is 28.9 Å². The van der Waals surface area contributed by atoms with E-state index in [1.807, 2.05) is 6.07 Å². The average molecular weight is 871 g/mol. The molecule has 0 heterocycles. The summed E-state index contributed by atoms with van der Waals surface area (Å²) in [6, 6.07) is 17.9. The normalized spacial score (nSPS) is 14.4. The molecule has 1 unspecified atom stereocenters. The van der Waals surface area contributed by atoms with Crippen LogP contribution in [0.5, 0.6) is 5.75 Å². The second-order valence-electron chi connectivity index (χ2n) is 19.4. The van der Waals surface area contributed by atoms with E-state index in [2.05, 4.69) is 4.99 Å². The van der Waals surface area contributed by atoms with E-state index < -0.39 is 58.5 Å². The Morgan fingerprint density at radius 1 is 0.698 bits per heavy atom. The van der Waals surface area contributed by atoms with Crippen molar-refractivity contribution in [2.24, 2.45) is 10.7 Å². The molecule has 0 radical (unpaired) electrons. The lowest BCUT2D eigenvalue weighted by molar-refractivity contribution is -0.159. The number of ether oxygens (including phenoxy) is 5. The van der Waals surface area contributed by atoms with Crippen molar-refractivity contribution in [1.29, 1.82) is 0 Å². The molecule has 340 valence electrons. The highest BCUT2D eigenvalue weighted by Crippen LogP contribution is 2.37. The SMILES string of the molecule is CC(C)(C)OC(=O)CN(Cc1cccc(C(=O)OC(C)(C)C)c1)C(=O)CC1CCCc2cc(OC(=O)c3ccc(N(C(=O)OC(C)(C)C)C(N)=NC(=O)OC(C)(C)C)cc3)ccc21. The molecule has 0 bridgehead atoms. The first-order valence-corrected chi connectivity index (χ1v) is 20.9. The molecule has 15 heteroatoms. The molecule has 0 fully saturated rings. The first-order chi connectivity index (χ1) is 29.1. The molecule has 0 spiro atoms. The summed E-state index contributed by atoms with van der Waals surface area (Å²) >= 11 is 0. The fraction of sp³-hybridized carbons (Fsp3) is 0.479. The summed E-state index contributed by atoms with van der Waals surface area (Å²) in [7, 11) is 0. The van der Waals surface area contributed by atoms with Crippen LogP contribution in [0.4, 0.5) is 15.3 Å². The average Bonchev–Trinajstić information content (AvgIpc) is 3.12. The van der Waals surface area contributed by atoms with Gasteiger partial charge in [-0.2, -0.15) is 0 Å². The molecule has 0 aromatic heterocycles. The molecule has 3 aromatic carbocycles. The van der Waals surface area contributed by atoms with Crippen LogP contribution >= 0.6 is 0 Å². The molecule has 0 aliphatic heterocycles. The highest BCUT2D eigenvalue weighted by atomic mass is 16.6. The number of aliphatic imine (C=N–C) groups is 1. The van der Waals surface area contributed by atoms with E-state index in [1.54, 1.807) is 119 Å². The molecule has 0 saturated carbocycles. The Bertz CT molecular complexity index is 2200. The highest BCUT2D eigenvalue weighted by molar-refractivity contribution is 6.15. The number of fused-ring (bicyclic) bond motifs is 1. The van der Waals surface area contributed by atoms with Gasteiger partial charge in [-0.3, -0.25) is 9.59 Å². The van der Waals surface area contributed by atoms with Gasteiger partial charge in [0.05, 0.1) is 16.8 Å². The van der Waals surface area contributed by atoms with Crippen molar-refractivity contribution in [1.82, 2.24) is 4.90 Å². The van der Waals surface area contributed by atoms with Crippen LogP contribution in [0.1, 0.15) is 146 Å². The topological polar surface area (TPSA) is 193 Å². The Morgan fingerprint density at radius 2 is 1.32 bits per heavy atom. The van der Waals surface area contributed by atoms with Gasteiger partial charge in [-0.15, -0.1) is 4.99 Å². The van der Waals surface area contributed by atoms with Gasteiger partial charge in [-0.25, -0.2) is 24.1 Å². The van der Waals surface area contributed by atoms with Crippen molar-refractivity contribution in [3.63, 3.8) is 0 Å². The Morgan fingerprint density at radius 3 is 1.92 bits per heavy atom. The predicted molar refractivity (Wildman–Crippen MR) is 238 cm³/mol. The number of aryl methyl sites for hydroxylation is 1. The van der Waals surface area contributed by atoms with Gasteiger partial charge in [-0.1, -0.05) is 18.2 Å². The van der Waals surface area contributed by atoms with Crippen LogP contribution in [0.3, 0.4) is 0 Å². The molecule has 1 atom stereocenters. The Balaban J connectivity index is 1.51. The summed E-state index contributed by atoms with van der Waals surface area (Å²) in [6.07, 6.45) is 0.412. The van der Waals surface area contributed by atoms with Gasteiger partial charge in [0.1, 0.15) is 34.7 Å². The van der Waals surface area contributed by atoms with Gasteiger partial charge in [0.15, 0.2) is 0 Å². The van der Waals surface area contributed by atoms with Crippen LogP contribution in [-0.2, 0) is 41.5 Å². The van der Waals surface area contributed by atoms with Crippen LogP contribution in [0, 0.1) is 0 Å². The molecule has 0 saturated heterocycles. The highest BCUT2D eigenvalue weighted by Gasteiger charge is 2.30. The Kier molecular flexibility index (Phi) is 15.6. The lowest BCUT2D eigenvalue weighted by atomic mass is 9.80. The maximum Gasteiger partial charge on any atom is 0.437 e. The molecule has 2 N–H and O–H groups in total. The molecule has 3 amide bonds. The van der Waals surface area contributed by atoms with Crippen molar-refractivity contribution in [3.8, 4) is 5.75 Å². The van der Waals surface area contributed by atoms with E-state index in [9.17, 15) is 28.8 Å². The van der Waals surface area contributed by atoms with E-state index in [0.29, 0.717) is 23.3 Å². The van der Waals surface area contributed by atoms with Crippen molar-refractivity contribution < 1.29 is 52.5 Å². The summed E-state index contributed by atoms with van der Waals surface area (Å²) in [5.74, 6) is -2.35. The van der Waals surface area contributed by atoms with Gasteiger partial charge in [0, 0.05) is 13.0 Å². The third-order valence-electron chi connectivity index (χ3n) is 8.98. The van der Waals surface area contributed by atoms with Crippen LogP contribution in [0.25, 0.3) is 0 Å². The number of carbonyl (C=O) groups excluding carboxylic acids is 6. The molecule has 63 heavy (non-hydrogen) atoms. The number of carbonyl (C=O) groups is 6. The zero-order valence-corrected chi connectivity index (χ0v) is 38.6. The number of guanidine groups is 1. The predicted octanol–water partition coefficient (Wildman–Crippen LogP) is 9.03. The van der Waals surface area contributed by atoms with Crippen LogP contribution < -0.4 is 15.4 Å². The number of nitrogens with two attached hydrogens (primary N) is 1. The minimum absolute atomic E-state index is 0.0657. The molecular weight excluding hydrogens is 809 g/mol. The quantitative estimate of drug-likeness (QED) is 0.0669. The fourth-order valence-electron chi connectivity index (χ4n) is 6.60. The van der Waals surface area contributed by atoms with Gasteiger partial charge < -0.3 is 34.3 Å². The number of hydrogen-bond donors (Lipinski definition) is 1. The zero-order valence-electron chi connectivity index (χ0n) is 38.6. The van der Waals surface area contributed by atoms with Crippen LogP contribution in [0.2, 0.25) is 0 Å². The third-order valence-corrected chi connectivity index (χ3v) is 8.98. The fourth-order valence-corrected chi connectivity index (χ4v) is 6.60. The Hall–Kier alpha value is -6.25. The molecule has 15 nitrogen and oxygen atoms in total. The van der Waals surface area contributed by atoms with Crippen molar-refractivity contribution in [2.75, 3.05) is 11.4 Å². The molecular formula is C48H62N4O11. The van der Waals surface area contributed by atoms with Crippen LogP contribution in [0.15, 0.2) is 71.7 Å². The maximum atomic E-state index is 14.1. The largest absolute Gasteiger partial charge is 0.459 e. The van der Waals surface area contributed by atoms with Gasteiger partial charge in [0.2, 0.25) is 11.9 Å². The minimum atomic E-state index is -1.00. The van der Waals surface area contributed by atoms with Crippen molar-refractivity contribution >= 4 is 47.6 Å². The first-order valence-electron chi connectivity index (χ1n) is 20.9. The van der Waals surface area contributed by atoms with Gasteiger partial charge in [0.25, 0.3) is 0 Å². The zero-order chi connectivity index (χ0) is 47.1. The first kappa shape index (κ1) is 49.4. The summed E-state index contributed by atoms with van der Waals surface area (Å²) < 4.78 is 27.6. The number of benzene rings is 3. The summed E-state index contributed by atoms with van der Waals surface area (Å²) in [6.45, 7) is 20.4. The van der Waals surface area contributed by atoms with E-state index in [4.69, 9.17) is 29.4 Å². The van der Waals surface area contributed by atoms with Crippen LogP contribution in [-0.4, -0.2) is 75.8 Å². The monoisotopic (exact) mass is 870 g/mol. The number of esters is 3. The van der Waals surface area contributed by atoms with E-state index in [1.165, 1.54) is 29.2 Å². The Labute approximate surface area is 370 Å². The standard InChI is InChI=1S/C48H62N4O11/c1-45(2,3)60-39(54)29-51(28-30-15-13-18-34(25-30)41(56)61-46(4,5)6)38(53)27-33-17-14-16-32-26-36(23-24-37(32)33)59-40(55)31-19-21-35(22-20-31)52(44(58)63-48(10,11)12)42(49)50-43(57)62-47(7,8)9/h13,15,18-26,33H,14,16-17,27-29H2,1-12H3,(H2,49,50,57). The van der Waals surface area contributed by atoms with Crippen molar-refractivity contribution in [2.45, 2.75) is 144 Å². The molecule has 1 aliphatic rings. The summed E-state index contributed by atoms with van der Waals surface area (Å²) in [4.78, 5) is 85.1. The lowest BCUT2D eigenvalue weighted by Crippen LogP contribution is -2.45. The summed E-state index contributed by atoms with van der Waals surface area (Å²) in [5.41, 5.74) is 6.09. The van der Waals surface area contributed by atoms with Gasteiger partial charge >= 0.3 is 30.1 Å². The third kappa shape index (κ3) is 15.9. The van der Waals surface area contributed by atoms with Crippen molar-refractivity contribution in [3.05, 3.63) is 94.5 Å². The number of hydrogen-bond acceptors (Lipinski definition) is 11. The maximum absolute atomic E-state index is 14.1. The number of nitrogens with zero attached hydrogens (tertiary/aromatic N) is 3. The smallest absolute Gasteiger partial charge is 0.437 e. The second kappa shape index (κ2) is 19.9.